The fourth-order valence-electron chi connectivity index (χ4n) is 3.05. The smallest absolute Gasteiger partial charge is 0.0743 e. The van der Waals surface area contributed by atoms with Crippen molar-refractivity contribution in [3.63, 3.8) is 0 Å². The van der Waals surface area contributed by atoms with Gasteiger partial charge in [-0.2, -0.15) is 0 Å². The molecular weight excluding hydrogens is 190 g/mol. The molecule has 0 amide bonds. The molecule has 4 atom stereocenters. The van der Waals surface area contributed by atoms with E-state index in [1.807, 2.05) is 13.8 Å². The molecule has 0 aromatic rings. The third-order valence-electron chi connectivity index (χ3n) is 4.22. The number of likely N-dealkylation sites (tertiary alicyclic amines) is 1. The van der Waals surface area contributed by atoms with Gasteiger partial charge in [0.1, 0.15) is 0 Å². The average Bonchev–Trinajstić information content (AvgIpc) is 2.69. The summed E-state index contributed by atoms with van der Waals surface area (Å²) in [6.45, 7) is 6.71. The molecule has 0 bridgehead atoms. The summed E-state index contributed by atoms with van der Waals surface area (Å²) in [5.74, 6) is 1.14. The second-order valence-corrected chi connectivity index (χ2v) is 5.61. The molecule has 1 aliphatic carbocycles. The fraction of sp³-hybridized carbons (Fsp3) is 1.00. The van der Waals surface area contributed by atoms with E-state index in [2.05, 4.69) is 4.90 Å². The van der Waals surface area contributed by atoms with E-state index in [1.165, 1.54) is 0 Å². The Morgan fingerprint density at radius 1 is 1.33 bits per heavy atom. The van der Waals surface area contributed by atoms with Crippen molar-refractivity contribution < 1.29 is 10.2 Å². The second kappa shape index (κ2) is 4.04. The minimum Gasteiger partial charge on any atom is -0.393 e. The number of β-amino-alcohol motifs (C(OH)–C–C–N with tert-alkyl or cyclic N) is 1. The summed E-state index contributed by atoms with van der Waals surface area (Å²) in [6, 6.07) is 0. The lowest BCUT2D eigenvalue weighted by Gasteiger charge is -2.28. The predicted molar refractivity (Wildman–Crippen MR) is 59.6 cm³/mol. The molecule has 1 saturated heterocycles. The van der Waals surface area contributed by atoms with Gasteiger partial charge in [0, 0.05) is 25.6 Å². The highest BCUT2D eigenvalue weighted by atomic mass is 16.3. The first kappa shape index (κ1) is 11.4. The van der Waals surface area contributed by atoms with Crippen LogP contribution in [-0.4, -0.2) is 46.5 Å². The van der Waals surface area contributed by atoms with Crippen molar-refractivity contribution in [3.05, 3.63) is 0 Å². The van der Waals surface area contributed by atoms with Crippen LogP contribution >= 0.6 is 0 Å². The number of fused-ring (bicyclic) bond motifs is 1. The van der Waals surface area contributed by atoms with E-state index < -0.39 is 5.60 Å². The average molecular weight is 213 g/mol. The Bertz CT molecular complexity index is 230. The molecule has 3 heteroatoms. The van der Waals surface area contributed by atoms with Crippen LogP contribution < -0.4 is 0 Å². The van der Waals surface area contributed by atoms with E-state index in [4.69, 9.17) is 0 Å². The van der Waals surface area contributed by atoms with E-state index in [9.17, 15) is 10.2 Å². The summed E-state index contributed by atoms with van der Waals surface area (Å²) in [5, 5.41) is 19.8. The molecule has 0 aromatic carbocycles. The van der Waals surface area contributed by atoms with Gasteiger partial charge < -0.3 is 10.2 Å². The van der Waals surface area contributed by atoms with Crippen molar-refractivity contribution in [3.8, 4) is 0 Å². The SMILES string of the molecule is CCC(C)(O)CN1CC2CCC(O)C2C1. The molecule has 2 aliphatic rings. The largest absolute Gasteiger partial charge is 0.393 e. The van der Waals surface area contributed by atoms with Crippen molar-refractivity contribution in [1.29, 1.82) is 0 Å². The molecule has 4 unspecified atom stereocenters. The van der Waals surface area contributed by atoms with Gasteiger partial charge in [0.15, 0.2) is 0 Å². The van der Waals surface area contributed by atoms with E-state index in [0.29, 0.717) is 11.8 Å². The van der Waals surface area contributed by atoms with Crippen molar-refractivity contribution in [1.82, 2.24) is 4.90 Å². The minimum absolute atomic E-state index is 0.0911. The predicted octanol–water partition coefficient (Wildman–Crippen LogP) is 0.850. The summed E-state index contributed by atoms with van der Waals surface area (Å²) in [5.41, 5.74) is -0.566. The minimum atomic E-state index is -0.566. The van der Waals surface area contributed by atoms with E-state index >= 15 is 0 Å². The number of aliphatic hydroxyl groups is 2. The number of nitrogens with zero attached hydrogens (tertiary/aromatic N) is 1. The zero-order valence-corrected chi connectivity index (χ0v) is 9.82. The van der Waals surface area contributed by atoms with Crippen molar-refractivity contribution in [2.75, 3.05) is 19.6 Å². The van der Waals surface area contributed by atoms with Crippen LogP contribution in [0.2, 0.25) is 0 Å². The summed E-state index contributed by atoms with van der Waals surface area (Å²) in [4.78, 5) is 2.32. The zero-order chi connectivity index (χ0) is 11.1. The van der Waals surface area contributed by atoms with Gasteiger partial charge in [-0.3, -0.25) is 4.90 Å². The third-order valence-corrected chi connectivity index (χ3v) is 4.22. The zero-order valence-electron chi connectivity index (χ0n) is 9.82. The van der Waals surface area contributed by atoms with Crippen LogP contribution in [0.1, 0.15) is 33.1 Å². The van der Waals surface area contributed by atoms with Gasteiger partial charge in [-0.1, -0.05) is 6.92 Å². The van der Waals surface area contributed by atoms with Crippen LogP contribution in [0.5, 0.6) is 0 Å². The first-order valence-electron chi connectivity index (χ1n) is 6.14. The van der Waals surface area contributed by atoms with Crippen molar-refractivity contribution in [2.45, 2.75) is 44.8 Å². The highest BCUT2D eigenvalue weighted by molar-refractivity contribution is 4.95. The third kappa shape index (κ3) is 2.35. The molecule has 1 aliphatic heterocycles. The Kier molecular flexibility index (Phi) is 3.06. The Morgan fingerprint density at radius 3 is 2.67 bits per heavy atom. The first-order chi connectivity index (χ1) is 7.02. The lowest BCUT2D eigenvalue weighted by Crippen LogP contribution is -2.40. The van der Waals surface area contributed by atoms with Crippen LogP contribution in [0.3, 0.4) is 0 Å². The molecule has 3 nitrogen and oxygen atoms in total. The molecule has 2 rings (SSSR count). The van der Waals surface area contributed by atoms with Gasteiger partial charge in [-0.15, -0.1) is 0 Å². The second-order valence-electron chi connectivity index (χ2n) is 5.61. The summed E-state index contributed by atoms with van der Waals surface area (Å²) >= 11 is 0. The van der Waals surface area contributed by atoms with Crippen LogP contribution in [0.4, 0.5) is 0 Å². The Balaban J connectivity index is 1.88. The van der Waals surface area contributed by atoms with Gasteiger partial charge in [0.2, 0.25) is 0 Å². The van der Waals surface area contributed by atoms with Crippen LogP contribution in [0, 0.1) is 11.8 Å². The maximum absolute atomic E-state index is 10.0. The lowest BCUT2D eigenvalue weighted by molar-refractivity contribution is 0.0183. The van der Waals surface area contributed by atoms with Crippen molar-refractivity contribution >= 4 is 0 Å². The molecule has 2 N–H and O–H groups in total. The molecule has 88 valence electrons. The van der Waals surface area contributed by atoms with Crippen LogP contribution in [0.25, 0.3) is 0 Å². The molecule has 1 saturated carbocycles. The summed E-state index contributed by atoms with van der Waals surface area (Å²) in [7, 11) is 0. The summed E-state index contributed by atoms with van der Waals surface area (Å²) in [6.07, 6.45) is 2.84. The Hall–Kier alpha value is -0.120. The van der Waals surface area contributed by atoms with E-state index in [-0.39, 0.29) is 6.10 Å². The molecule has 0 spiro atoms. The quantitative estimate of drug-likeness (QED) is 0.730. The first-order valence-corrected chi connectivity index (χ1v) is 6.14. The highest BCUT2D eigenvalue weighted by Gasteiger charge is 2.42. The fourth-order valence-corrected chi connectivity index (χ4v) is 3.05. The maximum Gasteiger partial charge on any atom is 0.0743 e. The van der Waals surface area contributed by atoms with Crippen LogP contribution in [-0.2, 0) is 0 Å². The van der Waals surface area contributed by atoms with Crippen LogP contribution in [0.15, 0.2) is 0 Å². The molecular formula is C12H23NO2. The van der Waals surface area contributed by atoms with E-state index in [0.717, 1.165) is 38.9 Å². The van der Waals surface area contributed by atoms with Gasteiger partial charge >= 0.3 is 0 Å². The molecule has 0 radical (unpaired) electrons. The number of hydrogen-bond donors (Lipinski definition) is 2. The number of hydrogen-bond acceptors (Lipinski definition) is 3. The molecule has 1 heterocycles. The standard InChI is InChI=1S/C12H23NO2/c1-3-12(2,15)8-13-6-9-4-5-11(14)10(9)7-13/h9-11,14-15H,3-8H2,1-2H3. The Labute approximate surface area is 92.1 Å². The van der Waals surface area contributed by atoms with E-state index in [1.54, 1.807) is 0 Å². The van der Waals surface area contributed by atoms with Gasteiger partial charge in [0.05, 0.1) is 11.7 Å². The monoisotopic (exact) mass is 213 g/mol. The number of rotatable bonds is 3. The molecule has 15 heavy (non-hydrogen) atoms. The normalized spacial score (nSPS) is 40.4. The Morgan fingerprint density at radius 2 is 2.07 bits per heavy atom. The highest BCUT2D eigenvalue weighted by Crippen LogP contribution is 2.38. The lowest BCUT2D eigenvalue weighted by atomic mass is 10.00. The maximum atomic E-state index is 10.0. The van der Waals surface area contributed by atoms with Gasteiger partial charge in [0.25, 0.3) is 0 Å². The van der Waals surface area contributed by atoms with Gasteiger partial charge in [-0.05, 0) is 32.1 Å². The topological polar surface area (TPSA) is 43.7 Å². The van der Waals surface area contributed by atoms with Gasteiger partial charge in [-0.25, -0.2) is 0 Å². The molecule has 2 fully saturated rings. The number of aliphatic hydroxyl groups excluding tert-OH is 1. The van der Waals surface area contributed by atoms with Crippen molar-refractivity contribution in [2.24, 2.45) is 11.8 Å². The summed E-state index contributed by atoms with van der Waals surface area (Å²) < 4.78 is 0. The molecule has 0 aromatic heterocycles.